The van der Waals surface area contributed by atoms with Gasteiger partial charge in [0.25, 0.3) is 0 Å². The third-order valence-electron chi connectivity index (χ3n) is 2.96. The minimum Gasteiger partial charge on any atom is -0.324 e. The summed E-state index contributed by atoms with van der Waals surface area (Å²) in [6, 6.07) is 4.92. The van der Waals surface area contributed by atoms with Crippen molar-refractivity contribution in [2.75, 3.05) is 11.1 Å². The zero-order valence-electron chi connectivity index (χ0n) is 12.6. The van der Waals surface area contributed by atoms with Crippen molar-refractivity contribution in [2.24, 2.45) is 0 Å². The van der Waals surface area contributed by atoms with E-state index < -0.39 is 0 Å². The molecule has 5 nitrogen and oxygen atoms in total. The second kappa shape index (κ2) is 8.38. The summed E-state index contributed by atoms with van der Waals surface area (Å²) in [5.41, 5.74) is 0.531. The van der Waals surface area contributed by atoms with Crippen LogP contribution in [0.5, 0.6) is 0 Å². The Balaban J connectivity index is 1.99. The molecule has 0 atom stereocenters. The Kier molecular flexibility index (Phi) is 6.50. The van der Waals surface area contributed by atoms with Crippen LogP contribution in [0.3, 0.4) is 0 Å². The molecule has 2 rings (SSSR count). The van der Waals surface area contributed by atoms with Crippen LogP contribution < -0.4 is 5.32 Å². The maximum absolute atomic E-state index is 12.1. The summed E-state index contributed by atoms with van der Waals surface area (Å²) in [7, 11) is 0. The first kappa shape index (κ1) is 17.8. The van der Waals surface area contributed by atoms with E-state index in [0.717, 1.165) is 12.2 Å². The highest BCUT2D eigenvalue weighted by Crippen LogP contribution is 2.26. The standard InChI is InChI=1S/C15H16Cl2N4OS/c1-3-7-21-13(4-2)19-20-15(21)23-9-14(22)18-12-6-5-10(16)8-11(12)17/h3,5-6,8H,1,4,7,9H2,2H3,(H,18,22). The Morgan fingerprint density at radius 3 is 2.87 bits per heavy atom. The number of hydrogen-bond acceptors (Lipinski definition) is 4. The molecule has 0 aliphatic rings. The Labute approximate surface area is 149 Å². The van der Waals surface area contributed by atoms with E-state index in [1.165, 1.54) is 11.8 Å². The number of carbonyl (C=O) groups is 1. The SMILES string of the molecule is C=CCn1c(CC)nnc1SCC(=O)Nc1ccc(Cl)cc1Cl. The van der Waals surface area contributed by atoms with Crippen molar-refractivity contribution < 1.29 is 4.79 Å². The molecule has 1 N–H and O–H groups in total. The van der Waals surface area contributed by atoms with Gasteiger partial charge in [-0.15, -0.1) is 16.8 Å². The highest BCUT2D eigenvalue weighted by molar-refractivity contribution is 7.99. The van der Waals surface area contributed by atoms with E-state index in [0.29, 0.717) is 27.4 Å². The molecule has 0 aliphatic carbocycles. The lowest BCUT2D eigenvalue weighted by Crippen LogP contribution is -2.15. The summed E-state index contributed by atoms with van der Waals surface area (Å²) in [4.78, 5) is 12.1. The lowest BCUT2D eigenvalue weighted by Gasteiger charge is -2.08. The quantitative estimate of drug-likeness (QED) is 0.589. The summed E-state index contributed by atoms with van der Waals surface area (Å²) in [6.07, 6.45) is 2.55. The van der Waals surface area contributed by atoms with Crippen molar-refractivity contribution in [3.05, 3.63) is 46.7 Å². The molecule has 0 fully saturated rings. The summed E-state index contributed by atoms with van der Waals surface area (Å²) in [6.45, 7) is 6.35. The average molecular weight is 371 g/mol. The van der Waals surface area contributed by atoms with Crippen molar-refractivity contribution in [1.82, 2.24) is 14.8 Å². The number of nitrogens with zero attached hydrogens (tertiary/aromatic N) is 3. The molecule has 0 saturated heterocycles. The zero-order valence-corrected chi connectivity index (χ0v) is 14.9. The fourth-order valence-electron chi connectivity index (χ4n) is 1.91. The number of thioether (sulfide) groups is 1. The smallest absolute Gasteiger partial charge is 0.234 e. The molecule has 1 heterocycles. The fraction of sp³-hybridized carbons (Fsp3) is 0.267. The molecule has 0 unspecified atom stereocenters. The summed E-state index contributed by atoms with van der Waals surface area (Å²) in [5.74, 6) is 0.900. The first-order chi connectivity index (χ1) is 11.0. The number of anilines is 1. The van der Waals surface area contributed by atoms with Crippen LogP contribution in [0.1, 0.15) is 12.7 Å². The van der Waals surface area contributed by atoms with Crippen LogP contribution in [0, 0.1) is 0 Å². The number of halogens is 2. The van der Waals surface area contributed by atoms with E-state index in [1.54, 1.807) is 24.3 Å². The minimum absolute atomic E-state index is 0.176. The molecule has 122 valence electrons. The predicted molar refractivity (Wildman–Crippen MR) is 95.4 cm³/mol. The van der Waals surface area contributed by atoms with Crippen molar-refractivity contribution in [2.45, 2.75) is 25.0 Å². The van der Waals surface area contributed by atoms with Crippen molar-refractivity contribution >= 4 is 46.6 Å². The molecular weight excluding hydrogens is 355 g/mol. The maximum atomic E-state index is 12.1. The van der Waals surface area contributed by atoms with Gasteiger partial charge in [-0.3, -0.25) is 4.79 Å². The largest absolute Gasteiger partial charge is 0.324 e. The van der Waals surface area contributed by atoms with Gasteiger partial charge in [0.05, 0.1) is 16.5 Å². The van der Waals surface area contributed by atoms with Crippen LogP contribution in [0.4, 0.5) is 5.69 Å². The van der Waals surface area contributed by atoms with Crippen molar-refractivity contribution in [1.29, 1.82) is 0 Å². The molecular formula is C15H16Cl2N4OS. The highest BCUT2D eigenvalue weighted by Gasteiger charge is 2.13. The van der Waals surface area contributed by atoms with Crippen LogP contribution in [-0.2, 0) is 17.8 Å². The van der Waals surface area contributed by atoms with Gasteiger partial charge in [-0.1, -0.05) is 48.0 Å². The van der Waals surface area contributed by atoms with E-state index in [4.69, 9.17) is 23.2 Å². The number of hydrogen-bond donors (Lipinski definition) is 1. The highest BCUT2D eigenvalue weighted by atomic mass is 35.5. The molecule has 0 aliphatic heterocycles. The predicted octanol–water partition coefficient (Wildman–Crippen LogP) is 4.06. The van der Waals surface area contributed by atoms with E-state index in [9.17, 15) is 4.79 Å². The molecule has 0 bridgehead atoms. The topological polar surface area (TPSA) is 59.8 Å². The number of aryl methyl sites for hydroxylation is 1. The third kappa shape index (κ3) is 4.73. The van der Waals surface area contributed by atoms with E-state index in [-0.39, 0.29) is 11.7 Å². The third-order valence-corrected chi connectivity index (χ3v) is 4.47. The molecule has 1 amide bonds. The number of benzene rings is 1. The molecule has 0 saturated carbocycles. The minimum atomic E-state index is -0.176. The van der Waals surface area contributed by atoms with Gasteiger partial charge in [0.15, 0.2) is 5.16 Å². The molecule has 0 spiro atoms. The van der Waals surface area contributed by atoms with E-state index in [2.05, 4.69) is 22.1 Å². The summed E-state index contributed by atoms with van der Waals surface area (Å²) < 4.78 is 1.94. The van der Waals surface area contributed by atoms with Gasteiger partial charge in [0.2, 0.25) is 5.91 Å². The first-order valence-corrected chi connectivity index (χ1v) is 8.70. The second-order valence-electron chi connectivity index (χ2n) is 4.61. The Bertz CT molecular complexity index is 717. The molecule has 1 aromatic carbocycles. The lowest BCUT2D eigenvalue weighted by atomic mass is 10.3. The fourth-order valence-corrected chi connectivity index (χ4v) is 3.13. The number of allylic oxidation sites excluding steroid dienone is 1. The van der Waals surface area contributed by atoms with Gasteiger partial charge in [-0.25, -0.2) is 0 Å². The van der Waals surface area contributed by atoms with Gasteiger partial charge >= 0.3 is 0 Å². The summed E-state index contributed by atoms with van der Waals surface area (Å²) >= 11 is 13.2. The van der Waals surface area contributed by atoms with Crippen LogP contribution >= 0.6 is 35.0 Å². The Morgan fingerprint density at radius 1 is 1.43 bits per heavy atom. The van der Waals surface area contributed by atoms with Crippen LogP contribution in [-0.4, -0.2) is 26.4 Å². The number of rotatable bonds is 7. The average Bonchev–Trinajstić information content (AvgIpc) is 2.90. The molecule has 23 heavy (non-hydrogen) atoms. The summed E-state index contributed by atoms with van der Waals surface area (Å²) in [5, 5.41) is 12.6. The van der Waals surface area contributed by atoms with Gasteiger partial charge in [0, 0.05) is 18.0 Å². The van der Waals surface area contributed by atoms with E-state index in [1.807, 2.05) is 11.5 Å². The van der Waals surface area contributed by atoms with Crippen LogP contribution in [0.15, 0.2) is 36.0 Å². The normalized spacial score (nSPS) is 10.6. The monoisotopic (exact) mass is 370 g/mol. The van der Waals surface area contributed by atoms with Crippen LogP contribution in [0.2, 0.25) is 10.0 Å². The lowest BCUT2D eigenvalue weighted by molar-refractivity contribution is -0.113. The number of carbonyl (C=O) groups excluding carboxylic acids is 1. The van der Waals surface area contributed by atoms with Gasteiger partial charge in [-0.05, 0) is 18.2 Å². The molecule has 8 heteroatoms. The van der Waals surface area contributed by atoms with Gasteiger partial charge < -0.3 is 9.88 Å². The van der Waals surface area contributed by atoms with E-state index >= 15 is 0 Å². The zero-order chi connectivity index (χ0) is 16.8. The van der Waals surface area contributed by atoms with Crippen molar-refractivity contribution in [3.8, 4) is 0 Å². The second-order valence-corrected chi connectivity index (χ2v) is 6.40. The maximum Gasteiger partial charge on any atom is 0.234 e. The number of nitrogens with one attached hydrogen (secondary N) is 1. The Morgan fingerprint density at radius 2 is 2.22 bits per heavy atom. The molecule has 2 aromatic rings. The first-order valence-electron chi connectivity index (χ1n) is 6.95. The Hall–Kier alpha value is -1.50. The number of aromatic nitrogens is 3. The van der Waals surface area contributed by atoms with Gasteiger partial charge in [0.1, 0.15) is 5.82 Å². The molecule has 0 radical (unpaired) electrons. The van der Waals surface area contributed by atoms with Crippen molar-refractivity contribution in [3.63, 3.8) is 0 Å². The van der Waals surface area contributed by atoms with Crippen LogP contribution in [0.25, 0.3) is 0 Å². The number of amides is 1. The molecule has 1 aromatic heterocycles. The van der Waals surface area contributed by atoms with Gasteiger partial charge in [-0.2, -0.15) is 0 Å².